The van der Waals surface area contributed by atoms with E-state index in [1.165, 1.54) is 0 Å². The van der Waals surface area contributed by atoms with E-state index in [-0.39, 0.29) is 5.75 Å². The average Bonchev–Trinajstić information content (AvgIpc) is 2.39. The SMILES string of the molecule is O=[SH](=O)Cc1ccc(-c2ccc(CCl)nc2)cc1. The highest BCUT2D eigenvalue weighted by Gasteiger charge is 2.00. The largest absolute Gasteiger partial charge is 0.259 e. The number of hydrogen-bond donors (Lipinski definition) is 1. The standard InChI is InChI=1S/C13H12ClNO2S/c14-7-13-6-5-12(8-15-13)11-3-1-10(2-4-11)9-18(16)17/h1-6,8,18H,7,9H2. The Hall–Kier alpha value is -1.39. The molecule has 1 aromatic carbocycles. The lowest BCUT2D eigenvalue weighted by Crippen LogP contribution is -1.88. The van der Waals surface area contributed by atoms with Gasteiger partial charge in [-0.2, -0.15) is 0 Å². The van der Waals surface area contributed by atoms with Crippen LogP contribution in [0.2, 0.25) is 0 Å². The summed E-state index contributed by atoms with van der Waals surface area (Å²) < 4.78 is 21.2. The van der Waals surface area contributed by atoms with Crippen molar-refractivity contribution in [3.05, 3.63) is 53.9 Å². The van der Waals surface area contributed by atoms with Gasteiger partial charge in [0.25, 0.3) is 0 Å². The molecule has 0 atom stereocenters. The van der Waals surface area contributed by atoms with Crippen LogP contribution in [0.3, 0.4) is 0 Å². The van der Waals surface area contributed by atoms with Crippen LogP contribution in [-0.4, -0.2) is 13.4 Å². The summed E-state index contributed by atoms with van der Waals surface area (Å²) in [6, 6.07) is 11.3. The van der Waals surface area contributed by atoms with Crippen LogP contribution in [-0.2, 0) is 22.3 Å². The minimum atomic E-state index is -2.37. The van der Waals surface area contributed by atoms with Gasteiger partial charge in [0, 0.05) is 11.8 Å². The molecule has 0 saturated carbocycles. The van der Waals surface area contributed by atoms with Crippen LogP contribution >= 0.6 is 11.6 Å². The molecule has 5 heteroatoms. The van der Waals surface area contributed by atoms with Gasteiger partial charge in [0.05, 0.1) is 17.3 Å². The molecule has 1 aromatic heterocycles. The molecule has 18 heavy (non-hydrogen) atoms. The molecule has 0 radical (unpaired) electrons. The van der Waals surface area contributed by atoms with Crippen molar-refractivity contribution in [3.8, 4) is 11.1 Å². The maximum atomic E-state index is 10.6. The Kier molecular flexibility index (Phi) is 4.33. The number of rotatable bonds is 4. The van der Waals surface area contributed by atoms with E-state index in [0.717, 1.165) is 22.4 Å². The Morgan fingerprint density at radius 1 is 1.00 bits per heavy atom. The van der Waals surface area contributed by atoms with E-state index in [2.05, 4.69) is 4.98 Å². The number of aromatic nitrogens is 1. The van der Waals surface area contributed by atoms with Gasteiger partial charge in [0.1, 0.15) is 10.7 Å². The van der Waals surface area contributed by atoms with Gasteiger partial charge in [-0.25, -0.2) is 8.42 Å². The highest BCUT2D eigenvalue weighted by molar-refractivity contribution is 7.71. The molecule has 0 aliphatic heterocycles. The first-order chi connectivity index (χ1) is 8.69. The first-order valence-corrected chi connectivity index (χ1v) is 7.31. The molecule has 0 aliphatic carbocycles. The summed E-state index contributed by atoms with van der Waals surface area (Å²) in [6.07, 6.45) is 1.76. The van der Waals surface area contributed by atoms with Crippen molar-refractivity contribution in [2.24, 2.45) is 0 Å². The molecule has 0 aliphatic rings. The Morgan fingerprint density at radius 3 is 2.17 bits per heavy atom. The second kappa shape index (κ2) is 5.98. The maximum absolute atomic E-state index is 10.6. The lowest BCUT2D eigenvalue weighted by molar-refractivity contribution is 0.614. The Bertz CT molecular complexity index is 583. The van der Waals surface area contributed by atoms with Crippen molar-refractivity contribution in [1.29, 1.82) is 0 Å². The first kappa shape index (κ1) is 13.1. The molecule has 1 heterocycles. The molecule has 94 valence electrons. The average molecular weight is 282 g/mol. The second-order valence-electron chi connectivity index (χ2n) is 3.86. The van der Waals surface area contributed by atoms with Crippen LogP contribution in [0, 0.1) is 0 Å². The van der Waals surface area contributed by atoms with Crippen molar-refractivity contribution in [2.75, 3.05) is 0 Å². The topological polar surface area (TPSA) is 47.0 Å². The Labute approximate surface area is 112 Å². The molecule has 0 amide bonds. The maximum Gasteiger partial charge on any atom is 0.144 e. The minimum absolute atomic E-state index is 0.0824. The zero-order valence-electron chi connectivity index (χ0n) is 9.54. The summed E-state index contributed by atoms with van der Waals surface area (Å²) in [7, 11) is -2.37. The van der Waals surface area contributed by atoms with Gasteiger partial charge in [-0.3, -0.25) is 4.98 Å². The lowest BCUT2D eigenvalue weighted by atomic mass is 10.1. The van der Waals surface area contributed by atoms with Gasteiger partial charge in [-0.05, 0) is 17.2 Å². The summed E-state index contributed by atoms with van der Waals surface area (Å²) in [4.78, 5) is 4.22. The van der Waals surface area contributed by atoms with Gasteiger partial charge >= 0.3 is 0 Å². The molecule has 2 rings (SSSR count). The number of thiol groups is 1. The quantitative estimate of drug-likeness (QED) is 0.692. The molecule has 0 N–H and O–H groups in total. The highest BCUT2D eigenvalue weighted by atomic mass is 35.5. The highest BCUT2D eigenvalue weighted by Crippen LogP contribution is 2.19. The van der Waals surface area contributed by atoms with Crippen LogP contribution in [0.4, 0.5) is 0 Å². The molecule has 3 nitrogen and oxygen atoms in total. The molecule has 0 bridgehead atoms. The van der Waals surface area contributed by atoms with Gasteiger partial charge < -0.3 is 0 Å². The predicted octanol–water partition coefficient (Wildman–Crippen LogP) is 2.60. The third kappa shape index (κ3) is 3.31. The van der Waals surface area contributed by atoms with Crippen molar-refractivity contribution >= 4 is 22.3 Å². The third-order valence-electron chi connectivity index (χ3n) is 2.56. The predicted molar refractivity (Wildman–Crippen MR) is 73.2 cm³/mol. The molecular formula is C13H12ClNO2S. The number of pyridine rings is 1. The van der Waals surface area contributed by atoms with Crippen molar-refractivity contribution in [2.45, 2.75) is 11.6 Å². The minimum Gasteiger partial charge on any atom is -0.259 e. The monoisotopic (exact) mass is 281 g/mol. The van der Waals surface area contributed by atoms with E-state index >= 15 is 0 Å². The van der Waals surface area contributed by atoms with E-state index in [0.29, 0.717) is 5.88 Å². The van der Waals surface area contributed by atoms with Crippen molar-refractivity contribution < 1.29 is 8.42 Å². The third-order valence-corrected chi connectivity index (χ3v) is 3.46. The number of alkyl halides is 1. The van der Waals surface area contributed by atoms with Crippen molar-refractivity contribution in [3.63, 3.8) is 0 Å². The van der Waals surface area contributed by atoms with Crippen molar-refractivity contribution in [1.82, 2.24) is 4.98 Å². The Balaban J connectivity index is 2.22. The van der Waals surface area contributed by atoms with Gasteiger partial charge in [-0.15, -0.1) is 11.6 Å². The van der Waals surface area contributed by atoms with Gasteiger partial charge in [-0.1, -0.05) is 30.3 Å². The molecule has 0 spiro atoms. The molecule has 2 aromatic rings. The van der Waals surface area contributed by atoms with Crippen LogP contribution in [0.1, 0.15) is 11.3 Å². The van der Waals surface area contributed by atoms with Gasteiger partial charge in [0.15, 0.2) is 0 Å². The smallest absolute Gasteiger partial charge is 0.144 e. The zero-order chi connectivity index (χ0) is 13.0. The Morgan fingerprint density at radius 2 is 1.67 bits per heavy atom. The fraction of sp³-hybridized carbons (Fsp3) is 0.154. The summed E-state index contributed by atoms with van der Waals surface area (Å²) in [6.45, 7) is 0. The fourth-order valence-corrected chi connectivity index (χ4v) is 2.29. The van der Waals surface area contributed by atoms with Crippen LogP contribution < -0.4 is 0 Å². The number of benzene rings is 1. The van der Waals surface area contributed by atoms with E-state index < -0.39 is 10.7 Å². The number of hydrogen-bond acceptors (Lipinski definition) is 3. The second-order valence-corrected chi connectivity index (χ2v) is 5.11. The van der Waals surface area contributed by atoms with Crippen LogP contribution in [0.15, 0.2) is 42.6 Å². The van der Waals surface area contributed by atoms with E-state index in [9.17, 15) is 8.42 Å². The van der Waals surface area contributed by atoms with Crippen LogP contribution in [0.5, 0.6) is 0 Å². The number of nitrogens with zero attached hydrogens (tertiary/aromatic N) is 1. The number of halogens is 1. The summed E-state index contributed by atoms with van der Waals surface area (Å²) >= 11 is 5.67. The summed E-state index contributed by atoms with van der Waals surface area (Å²) in [5.74, 6) is 0.481. The van der Waals surface area contributed by atoms with Crippen LogP contribution in [0.25, 0.3) is 11.1 Å². The summed E-state index contributed by atoms with van der Waals surface area (Å²) in [5.41, 5.74) is 3.62. The molecular weight excluding hydrogens is 270 g/mol. The van der Waals surface area contributed by atoms with E-state index in [4.69, 9.17) is 11.6 Å². The van der Waals surface area contributed by atoms with E-state index in [1.807, 2.05) is 36.4 Å². The first-order valence-electron chi connectivity index (χ1n) is 5.41. The summed E-state index contributed by atoms with van der Waals surface area (Å²) in [5, 5.41) is 0. The zero-order valence-corrected chi connectivity index (χ0v) is 11.2. The molecule has 0 fully saturated rings. The fourth-order valence-electron chi connectivity index (χ4n) is 1.63. The van der Waals surface area contributed by atoms with Gasteiger partial charge in [0.2, 0.25) is 0 Å². The van der Waals surface area contributed by atoms with E-state index in [1.54, 1.807) is 6.20 Å². The normalized spacial score (nSPS) is 10.8. The molecule has 0 unspecified atom stereocenters. The molecule has 0 saturated heterocycles. The lowest BCUT2D eigenvalue weighted by Gasteiger charge is -2.03.